The Bertz CT molecular complexity index is 734. The first kappa shape index (κ1) is 17.4. The molecule has 1 aromatic carbocycles. The molecule has 1 aliphatic heterocycles. The zero-order valence-electron chi connectivity index (χ0n) is 14.5. The van der Waals surface area contributed by atoms with E-state index in [0.29, 0.717) is 30.0 Å². The van der Waals surface area contributed by atoms with Crippen molar-refractivity contribution in [2.75, 3.05) is 24.5 Å². The van der Waals surface area contributed by atoms with Gasteiger partial charge in [0.1, 0.15) is 5.82 Å². The summed E-state index contributed by atoms with van der Waals surface area (Å²) in [5.41, 5.74) is 2.15. The van der Waals surface area contributed by atoms with Gasteiger partial charge in [0.15, 0.2) is 0 Å². The van der Waals surface area contributed by atoms with Crippen LogP contribution < -0.4 is 10.2 Å². The summed E-state index contributed by atoms with van der Waals surface area (Å²) in [7, 11) is 0. The third-order valence-electron chi connectivity index (χ3n) is 4.65. The van der Waals surface area contributed by atoms with Crippen molar-refractivity contribution in [3.63, 3.8) is 0 Å². The molecule has 1 unspecified atom stereocenters. The van der Waals surface area contributed by atoms with Crippen LogP contribution in [0.1, 0.15) is 35.7 Å². The molecule has 0 bridgehead atoms. The fourth-order valence-corrected chi connectivity index (χ4v) is 3.26. The lowest BCUT2D eigenvalue weighted by atomic mass is 10.00. The first-order chi connectivity index (χ1) is 12.1. The molecule has 132 valence electrons. The second kappa shape index (κ2) is 8.10. The maximum atomic E-state index is 13.6. The van der Waals surface area contributed by atoms with Gasteiger partial charge in [-0.25, -0.2) is 4.39 Å². The number of rotatable bonds is 5. The van der Waals surface area contributed by atoms with E-state index in [1.165, 1.54) is 18.9 Å². The van der Waals surface area contributed by atoms with E-state index in [1.54, 1.807) is 24.4 Å². The molecule has 1 atom stereocenters. The minimum atomic E-state index is -0.236. The highest BCUT2D eigenvalue weighted by atomic mass is 19.1. The van der Waals surface area contributed by atoms with Crippen molar-refractivity contribution in [1.82, 2.24) is 10.3 Å². The molecule has 1 N–H and O–H groups in total. The lowest BCUT2D eigenvalue weighted by Crippen LogP contribution is -2.34. The van der Waals surface area contributed by atoms with E-state index in [-0.39, 0.29) is 11.7 Å². The molecular weight excluding hydrogens is 317 g/mol. The maximum Gasteiger partial charge on any atom is 0.252 e. The van der Waals surface area contributed by atoms with E-state index in [9.17, 15) is 9.18 Å². The number of nitrogens with one attached hydrogen (secondary N) is 1. The highest BCUT2D eigenvalue weighted by Crippen LogP contribution is 2.22. The van der Waals surface area contributed by atoms with Crippen LogP contribution in [-0.2, 0) is 6.42 Å². The van der Waals surface area contributed by atoms with Crippen LogP contribution in [-0.4, -0.2) is 30.5 Å². The van der Waals surface area contributed by atoms with Gasteiger partial charge in [-0.3, -0.25) is 9.78 Å². The van der Waals surface area contributed by atoms with Crippen molar-refractivity contribution in [3.05, 3.63) is 59.7 Å². The summed E-state index contributed by atoms with van der Waals surface area (Å²) in [6.07, 6.45) is 6.28. The second-order valence-electron chi connectivity index (χ2n) is 6.72. The summed E-state index contributed by atoms with van der Waals surface area (Å²) in [6.45, 7) is 4.65. The predicted octanol–water partition coefficient (Wildman–Crippen LogP) is 3.43. The van der Waals surface area contributed by atoms with Gasteiger partial charge in [0, 0.05) is 25.8 Å². The standard InChI is InChI=1S/C20H24FN3O/c1-15-5-4-10-24(14-15)18-11-17(12-22-13-18)20(25)23-9-8-16-6-2-3-7-19(16)21/h2-3,6-7,11-13,15H,4-5,8-10,14H2,1H3,(H,23,25). The van der Waals surface area contributed by atoms with Crippen molar-refractivity contribution in [2.45, 2.75) is 26.2 Å². The minimum absolute atomic E-state index is 0.171. The number of benzene rings is 1. The fourth-order valence-electron chi connectivity index (χ4n) is 3.26. The zero-order chi connectivity index (χ0) is 17.6. The number of piperidine rings is 1. The van der Waals surface area contributed by atoms with Crippen LogP contribution in [0.25, 0.3) is 0 Å². The van der Waals surface area contributed by atoms with Gasteiger partial charge in [0.25, 0.3) is 5.91 Å². The summed E-state index contributed by atoms with van der Waals surface area (Å²) in [5, 5.41) is 2.85. The number of carbonyl (C=O) groups is 1. The molecule has 5 heteroatoms. The van der Waals surface area contributed by atoms with Crippen LogP contribution in [0.15, 0.2) is 42.7 Å². The van der Waals surface area contributed by atoms with E-state index in [2.05, 4.69) is 22.1 Å². The second-order valence-corrected chi connectivity index (χ2v) is 6.72. The Balaban J connectivity index is 1.59. The van der Waals surface area contributed by atoms with Crippen molar-refractivity contribution in [1.29, 1.82) is 0 Å². The normalized spacial score (nSPS) is 17.4. The summed E-state index contributed by atoms with van der Waals surface area (Å²) in [5.74, 6) is 0.252. The molecule has 0 radical (unpaired) electrons. The average molecular weight is 341 g/mol. The molecule has 4 nitrogen and oxygen atoms in total. The first-order valence-electron chi connectivity index (χ1n) is 8.85. The Kier molecular flexibility index (Phi) is 5.64. The highest BCUT2D eigenvalue weighted by Gasteiger charge is 2.18. The molecule has 0 aliphatic carbocycles. The van der Waals surface area contributed by atoms with Crippen LogP contribution in [0, 0.1) is 11.7 Å². The van der Waals surface area contributed by atoms with Gasteiger partial charge in [0.2, 0.25) is 0 Å². The Labute approximate surface area is 148 Å². The van der Waals surface area contributed by atoms with Crippen LogP contribution in [0.4, 0.5) is 10.1 Å². The molecule has 3 rings (SSSR count). The summed E-state index contributed by atoms with van der Waals surface area (Å²) < 4.78 is 13.6. The smallest absolute Gasteiger partial charge is 0.252 e. The van der Waals surface area contributed by atoms with Gasteiger partial charge >= 0.3 is 0 Å². The van der Waals surface area contributed by atoms with Gasteiger partial charge in [-0.15, -0.1) is 0 Å². The molecule has 1 aromatic heterocycles. The SMILES string of the molecule is CC1CCCN(c2cncc(C(=O)NCCc3ccccc3F)c2)C1. The number of pyridine rings is 1. The van der Waals surface area contributed by atoms with Gasteiger partial charge in [-0.1, -0.05) is 25.1 Å². The topological polar surface area (TPSA) is 45.2 Å². The molecule has 0 saturated carbocycles. The number of amides is 1. The number of halogens is 1. The van der Waals surface area contributed by atoms with Crippen molar-refractivity contribution in [2.24, 2.45) is 5.92 Å². The maximum absolute atomic E-state index is 13.6. The van der Waals surface area contributed by atoms with Gasteiger partial charge < -0.3 is 10.2 Å². The molecule has 0 spiro atoms. The minimum Gasteiger partial charge on any atom is -0.370 e. The zero-order valence-corrected chi connectivity index (χ0v) is 14.5. The Hall–Kier alpha value is -2.43. The van der Waals surface area contributed by atoms with Gasteiger partial charge in [-0.05, 0) is 42.9 Å². The number of hydrogen-bond donors (Lipinski definition) is 1. The fraction of sp³-hybridized carbons (Fsp3) is 0.400. The highest BCUT2D eigenvalue weighted by molar-refractivity contribution is 5.94. The molecule has 1 amide bonds. The molecule has 2 aromatic rings. The first-order valence-corrected chi connectivity index (χ1v) is 8.85. The monoisotopic (exact) mass is 341 g/mol. The summed E-state index contributed by atoms with van der Waals surface area (Å²) >= 11 is 0. The van der Waals surface area contributed by atoms with E-state index < -0.39 is 0 Å². The molecule has 1 saturated heterocycles. The van der Waals surface area contributed by atoms with E-state index in [0.717, 1.165) is 18.8 Å². The number of nitrogens with zero attached hydrogens (tertiary/aromatic N) is 2. The summed E-state index contributed by atoms with van der Waals surface area (Å²) in [4.78, 5) is 18.9. The molecule has 1 fully saturated rings. The average Bonchev–Trinajstić information content (AvgIpc) is 2.63. The molecule has 2 heterocycles. The third kappa shape index (κ3) is 4.56. The van der Waals surface area contributed by atoms with Crippen molar-refractivity contribution in [3.8, 4) is 0 Å². The Morgan fingerprint density at radius 3 is 3.00 bits per heavy atom. The van der Waals surface area contributed by atoms with Crippen molar-refractivity contribution < 1.29 is 9.18 Å². The molecular formula is C20H24FN3O. The van der Waals surface area contributed by atoms with E-state index in [4.69, 9.17) is 0 Å². The summed E-state index contributed by atoms with van der Waals surface area (Å²) in [6, 6.07) is 8.53. The van der Waals surface area contributed by atoms with Gasteiger partial charge in [0.05, 0.1) is 17.4 Å². The predicted molar refractivity (Wildman–Crippen MR) is 97.3 cm³/mol. The largest absolute Gasteiger partial charge is 0.370 e. The number of hydrogen-bond acceptors (Lipinski definition) is 3. The van der Waals surface area contributed by atoms with Crippen molar-refractivity contribution >= 4 is 11.6 Å². The number of anilines is 1. The molecule has 25 heavy (non-hydrogen) atoms. The third-order valence-corrected chi connectivity index (χ3v) is 4.65. The molecule has 1 aliphatic rings. The van der Waals surface area contributed by atoms with E-state index in [1.807, 2.05) is 12.3 Å². The number of carbonyl (C=O) groups excluding carboxylic acids is 1. The van der Waals surface area contributed by atoms with Crippen LogP contribution in [0.5, 0.6) is 0 Å². The van der Waals surface area contributed by atoms with Crippen LogP contribution in [0.3, 0.4) is 0 Å². The Morgan fingerprint density at radius 1 is 1.36 bits per heavy atom. The Morgan fingerprint density at radius 2 is 2.20 bits per heavy atom. The quantitative estimate of drug-likeness (QED) is 0.906. The van der Waals surface area contributed by atoms with Gasteiger partial charge in [-0.2, -0.15) is 0 Å². The lowest BCUT2D eigenvalue weighted by Gasteiger charge is -2.32. The van der Waals surface area contributed by atoms with E-state index >= 15 is 0 Å². The van der Waals surface area contributed by atoms with Crippen LogP contribution >= 0.6 is 0 Å². The lowest BCUT2D eigenvalue weighted by molar-refractivity contribution is 0.0953. The van der Waals surface area contributed by atoms with Crippen LogP contribution in [0.2, 0.25) is 0 Å². The number of aromatic nitrogens is 1.